The first-order valence-electron chi connectivity index (χ1n) is 11.1. The predicted molar refractivity (Wildman–Crippen MR) is 126 cm³/mol. The standard InChI is InChI=1S/C25H24N6O2/c1-28-13-12-21(27-28)26-22(32)15-31-20-10-6-3-7-16(20)17-11-14-30-24(23(17)31)29(2)19-9-5-4-8-18(19)25(30)33/h3-10,12-13,24H,11,14-15H2,1-2H3,(H,26,27,32)/t24-/m1/s1. The van der Waals surface area contributed by atoms with Gasteiger partial charge in [0.05, 0.1) is 16.9 Å². The van der Waals surface area contributed by atoms with Crippen molar-refractivity contribution in [3.63, 3.8) is 0 Å². The molecule has 0 saturated carbocycles. The molecule has 2 aliphatic rings. The highest BCUT2D eigenvalue weighted by molar-refractivity contribution is 6.02. The maximum atomic E-state index is 13.4. The summed E-state index contributed by atoms with van der Waals surface area (Å²) in [6.45, 7) is 0.781. The molecule has 33 heavy (non-hydrogen) atoms. The number of anilines is 2. The molecule has 166 valence electrons. The molecular formula is C25H24N6O2. The number of para-hydroxylation sites is 2. The number of carbonyl (C=O) groups excluding carboxylic acids is 2. The molecule has 0 unspecified atom stereocenters. The van der Waals surface area contributed by atoms with Crippen LogP contribution in [0.3, 0.4) is 0 Å². The molecule has 6 rings (SSSR count). The maximum Gasteiger partial charge on any atom is 0.257 e. The van der Waals surface area contributed by atoms with E-state index in [0.29, 0.717) is 12.4 Å². The largest absolute Gasteiger partial charge is 0.349 e. The molecule has 2 amide bonds. The van der Waals surface area contributed by atoms with Gasteiger partial charge in [-0.05, 0) is 30.2 Å². The van der Waals surface area contributed by atoms with Crippen LogP contribution in [-0.2, 0) is 24.8 Å². The highest BCUT2D eigenvalue weighted by Gasteiger charge is 2.42. The molecule has 1 atom stereocenters. The number of hydrogen-bond acceptors (Lipinski definition) is 4. The minimum atomic E-state index is -0.272. The van der Waals surface area contributed by atoms with Gasteiger partial charge < -0.3 is 19.7 Å². The van der Waals surface area contributed by atoms with Gasteiger partial charge in [-0.15, -0.1) is 0 Å². The van der Waals surface area contributed by atoms with Gasteiger partial charge in [-0.3, -0.25) is 14.3 Å². The number of hydrogen-bond donors (Lipinski definition) is 1. The van der Waals surface area contributed by atoms with Gasteiger partial charge in [-0.2, -0.15) is 5.10 Å². The lowest BCUT2D eigenvalue weighted by molar-refractivity contribution is -0.116. The monoisotopic (exact) mass is 440 g/mol. The Bertz CT molecular complexity index is 1420. The first kappa shape index (κ1) is 19.6. The Labute approximate surface area is 191 Å². The first-order valence-corrected chi connectivity index (χ1v) is 11.1. The lowest BCUT2D eigenvalue weighted by Crippen LogP contribution is -2.51. The fourth-order valence-electron chi connectivity index (χ4n) is 5.29. The third-order valence-electron chi connectivity index (χ3n) is 6.69. The van der Waals surface area contributed by atoms with Crippen molar-refractivity contribution in [2.75, 3.05) is 23.8 Å². The second-order valence-electron chi connectivity index (χ2n) is 8.64. The number of amides is 2. The lowest BCUT2D eigenvalue weighted by atomic mass is 9.96. The van der Waals surface area contributed by atoms with Crippen molar-refractivity contribution in [1.82, 2.24) is 19.2 Å². The van der Waals surface area contributed by atoms with Crippen LogP contribution in [0, 0.1) is 0 Å². The Morgan fingerprint density at radius 3 is 2.70 bits per heavy atom. The molecule has 8 heteroatoms. The average molecular weight is 441 g/mol. The summed E-state index contributed by atoms with van der Waals surface area (Å²) < 4.78 is 3.72. The Hall–Kier alpha value is -4.07. The fourth-order valence-corrected chi connectivity index (χ4v) is 5.29. The second kappa shape index (κ2) is 7.23. The Morgan fingerprint density at radius 1 is 1.09 bits per heavy atom. The van der Waals surface area contributed by atoms with Gasteiger partial charge in [0, 0.05) is 43.8 Å². The van der Waals surface area contributed by atoms with E-state index in [1.807, 2.05) is 61.5 Å². The summed E-state index contributed by atoms with van der Waals surface area (Å²) >= 11 is 0. The first-order chi connectivity index (χ1) is 16.0. The zero-order valence-corrected chi connectivity index (χ0v) is 18.5. The Balaban J connectivity index is 1.47. The van der Waals surface area contributed by atoms with Crippen LogP contribution in [0.15, 0.2) is 60.8 Å². The van der Waals surface area contributed by atoms with E-state index in [1.165, 1.54) is 5.56 Å². The molecule has 2 aromatic carbocycles. The highest BCUT2D eigenvalue weighted by Crippen LogP contribution is 2.44. The molecule has 0 saturated heterocycles. The predicted octanol–water partition coefficient (Wildman–Crippen LogP) is 3.16. The van der Waals surface area contributed by atoms with E-state index in [-0.39, 0.29) is 24.5 Å². The molecule has 0 bridgehead atoms. The van der Waals surface area contributed by atoms with Gasteiger partial charge in [-0.1, -0.05) is 30.3 Å². The molecule has 4 heterocycles. The quantitative estimate of drug-likeness (QED) is 0.531. The summed E-state index contributed by atoms with van der Waals surface area (Å²) in [6, 6.07) is 17.7. The van der Waals surface area contributed by atoms with Crippen LogP contribution >= 0.6 is 0 Å². The number of aromatic nitrogens is 3. The number of fused-ring (bicyclic) bond motifs is 6. The van der Waals surface area contributed by atoms with Gasteiger partial charge in [0.2, 0.25) is 5.91 Å². The third kappa shape index (κ3) is 2.94. The van der Waals surface area contributed by atoms with E-state index in [9.17, 15) is 9.59 Å². The SMILES string of the molecule is CN1c2ccccc2C(=O)N2CCc3c(n(CC(=O)Nc4ccn(C)n4)c4ccccc34)[C@@H]21. The summed E-state index contributed by atoms with van der Waals surface area (Å²) in [5.74, 6) is 0.405. The van der Waals surface area contributed by atoms with Gasteiger partial charge in [0.1, 0.15) is 12.7 Å². The number of benzene rings is 2. The van der Waals surface area contributed by atoms with Gasteiger partial charge >= 0.3 is 0 Å². The van der Waals surface area contributed by atoms with E-state index < -0.39 is 0 Å². The second-order valence-corrected chi connectivity index (χ2v) is 8.64. The highest BCUT2D eigenvalue weighted by atomic mass is 16.2. The van der Waals surface area contributed by atoms with E-state index in [2.05, 4.69) is 25.9 Å². The summed E-state index contributed by atoms with van der Waals surface area (Å²) in [7, 11) is 3.84. The van der Waals surface area contributed by atoms with E-state index in [0.717, 1.165) is 34.3 Å². The zero-order chi connectivity index (χ0) is 22.7. The Kier molecular flexibility index (Phi) is 4.29. The van der Waals surface area contributed by atoms with Gasteiger partial charge in [0.25, 0.3) is 5.91 Å². The molecular weight excluding hydrogens is 416 g/mol. The topological polar surface area (TPSA) is 75.4 Å². The molecule has 2 aliphatic heterocycles. The number of nitrogens with zero attached hydrogens (tertiary/aromatic N) is 5. The molecule has 2 aromatic heterocycles. The summed E-state index contributed by atoms with van der Waals surface area (Å²) in [5, 5.41) is 8.29. The molecule has 0 radical (unpaired) electrons. The summed E-state index contributed by atoms with van der Waals surface area (Å²) in [5.41, 5.74) is 4.84. The van der Waals surface area contributed by atoms with Crippen molar-refractivity contribution in [3.05, 3.63) is 77.6 Å². The van der Waals surface area contributed by atoms with Crippen LogP contribution in [0.5, 0.6) is 0 Å². The zero-order valence-electron chi connectivity index (χ0n) is 18.5. The van der Waals surface area contributed by atoms with E-state index in [4.69, 9.17) is 0 Å². The number of aryl methyl sites for hydroxylation is 1. The van der Waals surface area contributed by atoms with Crippen molar-refractivity contribution >= 4 is 34.2 Å². The number of nitrogens with one attached hydrogen (secondary N) is 1. The van der Waals surface area contributed by atoms with Crippen LogP contribution in [-0.4, -0.2) is 44.7 Å². The van der Waals surface area contributed by atoms with Gasteiger partial charge in [-0.25, -0.2) is 0 Å². The summed E-state index contributed by atoms with van der Waals surface area (Å²) in [6.07, 6.45) is 2.27. The molecule has 1 N–H and O–H groups in total. The van der Waals surface area contributed by atoms with Crippen molar-refractivity contribution in [3.8, 4) is 0 Å². The van der Waals surface area contributed by atoms with E-state index >= 15 is 0 Å². The summed E-state index contributed by atoms with van der Waals surface area (Å²) in [4.78, 5) is 30.5. The van der Waals surface area contributed by atoms with Gasteiger partial charge in [0.15, 0.2) is 5.82 Å². The molecule has 0 fully saturated rings. The normalized spacial score (nSPS) is 17.0. The lowest BCUT2D eigenvalue weighted by Gasteiger charge is -2.46. The maximum absolute atomic E-state index is 13.4. The number of carbonyl (C=O) groups is 2. The molecule has 4 aromatic rings. The van der Waals surface area contributed by atoms with Crippen LogP contribution < -0.4 is 10.2 Å². The molecule has 8 nitrogen and oxygen atoms in total. The minimum Gasteiger partial charge on any atom is -0.349 e. The van der Waals surface area contributed by atoms with E-state index in [1.54, 1.807) is 16.9 Å². The minimum absolute atomic E-state index is 0.0362. The fraction of sp³-hybridized carbons (Fsp3) is 0.240. The Morgan fingerprint density at radius 2 is 1.88 bits per heavy atom. The third-order valence-corrected chi connectivity index (χ3v) is 6.69. The molecule has 0 spiro atoms. The average Bonchev–Trinajstić information content (AvgIpc) is 3.38. The van der Waals surface area contributed by atoms with Crippen LogP contribution in [0.1, 0.15) is 27.8 Å². The number of rotatable bonds is 3. The van der Waals surface area contributed by atoms with Crippen molar-refractivity contribution in [2.45, 2.75) is 19.1 Å². The van der Waals surface area contributed by atoms with Crippen molar-refractivity contribution < 1.29 is 9.59 Å². The van der Waals surface area contributed by atoms with Crippen molar-refractivity contribution in [1.29, 1.82) is 0 Å². The van der Waals surface area contributed by atoms with Crippen molar-refractivity contribution in [2.24, 2.45) is 7.05 Å². The molecule has 0 aliphatic carbocycles. The van der Waals surface area contributed by atoms with Crippen LogP contribution in [0.4, 0.5) is 11.5 Å². The smallest absolute Gasteiger partial charge is 0.257 e. The van der Waals surface area contributed by atoms with Crippen LogP contribution in [0.2, 0.25) is 0 Å². The van der Waals surface area contributed by atoms with Crippen LogP contribution in [0.25, 0.3) is 10.9 Å².